The fraction of sp³-hybridized carbons (Fsp3) is 0.308. The molecule has 0 unspecified atom stereocenters. The highest BCUT2D eigenvalue weighted by Crippen LogP contribution is 2.33. The van der Waals surface area contributed by atoms with Crippen molar-refractivity contribution in [2.75, 3.05) is 18.4 Å². The maximum Gasteiger partial charge on any atom is 0.416 e. The molecule has 0 saturated heterocycles. The van der Waals surface area contributed by atoms with Gasteiger partial charge in [-0.3, -0.25) is 4.79 Å². The number of nitrogens with zero attached hydrogens (tertiary/aromatic N) is 3. The first-order valence-electron chi connectivity index (χ1n) is 11.4. The highest BCUT2D eigenvalue weighted by molar-refractivity contribution is 5.92. The Bertz CT molecular complexity index is 1170. The van der Waals surface area contributed by atoms with Gasteiger partial charge in [0.2, 0.25) is 5.91 Å². The first kappa shape index (κ1) is 24.4. The van der Waals surface area contributed by atoms with Gasteiger partial charge in [0.25, 0.3) is 0 Å². The standard InChI is InChI=1S/C26H27F3N4O2/c1-18(2)33(25(35)30-21-12-10-20(11-13-21)26(27,28)29)17-23(34)32-16-15-31-14-6-9-22(31)24(32)19-7-4-3-5-8-19/h3-14,18,24H,15-17H2,1-2H3,(H,30,35)/t24-/m1/s1. The smallest absolute Gasteiger partial charge is 0.348 e. The molecular formula is C26H27F3N4O2. The van der Waals surface area contributed by atoms with Crippen molar-refractivity contribution in [1.29, 1.82) is 0 Å². The maximum atomic E-state index is 13.5. The second-order valence-electron chi connectivity index (χ2n) is 8.75. The number of halogens is 3. The van der Waals surface area contributed by atoms with Crippen LogP contribution in [-0.4, -0.2) is 45.4 Å². The van der Waals surface area contributed by atoms with Crippen LogP contribution in [0.15, 0.2) is 72.9 Å². The molecule has 6 nitrogen and oxygen atoms in total. The molecule has 4 rings (SSSR count). The monoisotopic (exact) mass is 484 g/mol. The number of anilines is 1. The van der Waals surface area contributed by atoms with E-state index in [0.717, 1.165) is 23.4 Å². The fourth-order valence-electron chi connectivity index (χ4n) is 4.30. The third-order valence-corrected chi connectivity index (χ3v) is 6.13. The van der Waals surface area contributed by atoms with E-state index in [-0.39, 0.29) is 30.2 Å². The van der Waals surface area contributed by atoms with Gasteiger partial charge in [-0.05, 0) is 55.8 Å². The van der Waals surface area contributed by atoms with Crippen LogP contribution in [0.1, 0.15) is 36.7 Å². The van der Waals surface area contributed by atoms with Crippen LogP contribution in [-0.2, 0) is 17.5 Å². The van der Waals surface area contributed by atoms with Gasteiger partial charge in [0.05, 0.1) is 11.6 Å². The Hall–Kier alpha value is -3.75. The Balaban J connectivity index is 1.51. The lowest BCUT2D eigenvalue weighted by Gasteiger charge is -2.39. The molecule has 184 valence electrons. The summed E-state index contributed by atoms with van der Waals surface area (Å²) in [6.45, 7) is 4.56. The third kappa shape index (κ3) is 5.34. The first-order valence-corrected chi connectivity index (χ1v) is 11.4. The van der Waals surface area contributed by atoms with Crippen LogP contribution in [0.3, 0.4) is 0 Å². The van der Waals surface area contributed by atoms with Crippen LogP contribution >= 0.6 is 0 Å². The van der Waals surface area contributed by atoms with Crippen LogP contribution in [0, 0.1) is 0 Å². The van der Waals surface area contributed by atoms with E-state index < -0.39 is 17.8 Å². The summed E-state index contributed by atoms with van der Waals surface area (Å²) >= 11 is 0. The van der Waals surface area contributed by atoms with E-state index >= 15 is 0 Å². The summed E-state index contributed by atoms with van der Waals surface area (Å²) in [6, 6.07) is 16.8. The van der Waals surface area contributed by atoms with Crippen LogP contribution in [0.2, 0.25) is 0 Å². The van der Waals surface area contributed by atoms with Crippen molar-refractivity contribution in [3.63, 3.8) is 0 Å². The summed E-state index contributed by atoms with van der Waals surface area (Å²) in [5, 5.41) is 2.61. The van der Waals surface area contributed by atoms with E-state index in [4.69, 9.17) is 0 Å². The van der Waals surface area contributed by atoms with Crippen LogP contribution in [0.5, 0.6) is 0 Å². The molecule has 9 heteroatoms. The number of benzene rings is 2. The summed E-state index contributed by atoms with van der Waals surface area (Å²) in [5.41, 5.74) is 1.40. The lowest BCUT2D eigenvalue weighted by atomic mass is 10.00. The first-order chi connectivity index (χ1) is 16.6. The Morgan fingerprint density at radius 2 is 1.69 bits per heavy atom. The Morgan fingerprint density at radius 1 is 1.00 bits per heavy atom. The Kier molecular flexibility index (Phi) is 6.86. The molecule has 3 aromatic rings. The van der Waals surface area contributed by atoms with Gasteiger partial charge < -0.3 is 19.7 Å². The number of carbonyl (C=O) groups excluding carboxylic acids is 2. The molecule has 1 aromatic heterocycles. The minimum atomic E-state index is -4.46. The number of aromatic nitrogens is 1. The van der Waals surface area contributed by atoms with Crippen molar-refractivity contribution in [3.05, 3.63) is 89.7 Å². The van der Waals surface area contributed by atoms with Crippen LogP contribution in [0.25, 0.3) is 0 Å². The highest BCUT2D eigenvalue weighted by Gasteiger charge is 2.34. The van der Waals surface area contributed by atoms with Gasteiger partial charge in [-0.1, -0.05) is 30.3 Å². The quantitative estimate of drug-likeness (QED) is 0.529. The van der Waals surface area contributed by atoms with Crippen molar-refractivity contribution in [2.24, 2.45) is 0 Å². The molecule has 2 heterocycles. The minimum absolute atomic E-state index is 0.159. The highest BCUT2D eigenvalue weighted by atomic mass is 19.4. The predicted molar refractivity (Wildman–Crippen MR) is 127 cm³/mol. The molecule has 1 N–H and O–H groups in total. The summed E-state index contributed by atoms with van der Waals surface area (Å²) in [7, 11) is 0. The van der Waals surface area contributed by atoms with Gasteiger partial charge in [0.1, 0.15) is 6.54 Å². The molecule has 1 atom stereocenters. The van der Waals surface area contributed by atoms with E-state index in [1.54, 1.807) is 18.7 Å². The molecule has 3 amide bonds. The van der Waals surface area contributed by atoms with Crippen LogP contribution in [0.4, 0.5) is 23.7 Å². The topological polar surface area (TPSA) is 57.6 Å². The molecule has 35 heavy (non-hydrogen) atoms. The molecule has 0 saturated carbocycles. The van der Waals surface area contributed by atoms with Gasteiger partial charge >= 0.3 is 12.2 Å². The number of nitrogens with one attached hydrogen (secondary N) is 1. The zero-order valence-corrected chi connectivity index (χ0v) is 19.5. The number of hydrogen-bond donors (Lipinski definition) is 1. The molecule has 0 fully saturated rings. The summed E-state index contributed by atoms with van der Waals surface area (Å²) in [5.74, 6) is -0.206. The Morgan fingerprint density at radius 3 is 2.31 bits per heavy atom. The maximum absolute atomic E-state index is 13.5. The van der Waals surface area contributed by atoms with Gasteiger partial charge in [-0.25, -0.2) is 4.79 Å². The largest absolute Gasteiger partial charge is 0.416 e. The molecule has 0 spiro atoms. The molecule has 2 aromatic carbocycles. The molecule has 0 bridgehead atoms. The van der Waals surface area contributed by atoms with Crippen molar-refractivity contribution < 1.29 is 22.8 Å². The molecule has 0 aliphatic carbocycles. The van der Waals surface area contributed by atoms with Gasteiger partial charge in [-0.2, -0.15) is 13.2 Å². The second kappa shape index (κ2) is 9.85. The molecular weight excluding hydrogens is 457 g/mol. The number of alkyl halides is 3. The van der Waals surface area contributed by atoms with Gasteiger partial charge in [0.15, 0.2) is 0 Å². The van der Waals surface area contributed by atoms with Crippen molar-refractivity contribution in [3.8, 4) is 0 Å². The van der Waals surface area contributed by atoms with Gasteiger partial charge in [-0.15, -0.1) is 0 Å². The number of urea groups is 1. The van der Waals surface area contributed by atoms with Crippen molar-refractivity contribution in [1.82, 2.24) is 14.4 Å². The molecule has 1 aliphatic rings. The molecule has 1 aliphatic heterocycles. The average Bonchev–Trinajstić information content (AvgIpc) is 3.30. The lowest BCUT2D eigenvalue weighted by molar-refractivity contribution is -0.137. The summed E-state index contributed by atoms with van der Waals surface area (Å²) < 4.78 is 40.6. The van der Waals surface area contributed by atoms with E-state index in [1.165, 1.54) is 17.0 Å². The number of fused-ring (bicyclic) bond motifs is 1. The summed E-state index contributed by atoms with van der Waals surface area (Å²) in [4.78, 5) is 29.7. The Labute approximate surface area is 201 Å². The zero-order valence-electron chi connectivity index (χ0n) is 19.5. The zero-order chi connectivity index (χ0) is 25.2. The lowest BCUT2D eigenvalue weighted by Crippen LogP contribution is -2.50. The third-order valence-electron chi connectivity index (χ3n) is 6.13. The minimum Gasteiger partial charge on any atom is -0.348 e. The van der Waals surface area contributed by atoms with E-state index in [1.807, 2.05) is 48.7 Å². The fourth-order valence-corrected chi connectivity index (χ4v) is 4.30. The average molecular weight is 485 g/mol. The predicted octanol–water partition coefficient (Wildman–Crippen LogP) is 5.38. The number of hydrogen-bond acceptors (Lipinski definition) is 2. The number of carbonyl (C=O) groups is 2. The van der Waals surface area contributed by atoms with E-state index in [0.29, 0.717) is 13.1 Å². The normalized spacial score (nSPS) is 15.6. The van der Waals surface area contributed by atoms with Gasteiger partial charge in [0, 0.05) is 36.7 Å². The number of rotatable bonds is 5. The summed E-state index contributed by atoms with van der Waals surface area (Å²) in [6.07, 6.45) is -2.46. The van der Waals surface area contributed by atoms with Crippen LogP contribution < -0.4 is 5.32 Å². The van der Waals surface area contributed by atoms with E-state index in [9.17, 15) is 22.8 Å². The SMILES string of the molecule is CC(C)N(CC(=O)N1CCn2cccc2[C@H]1c1ccccc1)C(=O)Nc1ccc(C(F)(F)F)cc1. The van der Waals surface area contributed by atoms with E-state index in [2.05, 4.69) is 9.88 Å². The van der Waals surface area contributed by atoms with Crippen molar-refractivity contribution in [2.45, 2.75) is 38.7 Å². The second-order valence-corrected chi connectivity index (χ2v) is 8.75. The number of amides is 3. The van der Waals surface area contributed by atoms with Crippen molar-refractivity contribution >= 4 is 17.6 Å². The molecule has 0 radical (unpaired) electrons.